The second kappa shape index (κ2) is 7.65. The van der Waals surface area contributed by atoms with Crippen molar-refractivity contribution in [2.24, 2.45) is 5.92 Å². The van der Waals surface area contributed by atoms with Gasteiger partial charge in [-0.05, 0) is 37.0 Å². The fraction of sp³-hybridized carbons (Fsp3) is 0.562. The molecule has 0 aromatic heterocycles. The lowest BCUT2D eigenvalue weighted by atomic mass is 10.0. The predicted octanol–water partition coefficient (Wildman–Crippen LogP) is 3.49. The smallest absolute Gasteiger partial charge is 0.239 e. The highest BCUT2D eigenvalue weighted by atomic mass is 35.5. The van der Waals surface area contributed by atoms with Gasteiger partial charge < -0.3 is 4.90 Å². The van der Waals surface area contributed by atoms with Crippen LogP contribution in [-0.2, 0) is 4.79 Å². The summed E-state index contributed by atoms with van der Waals surface area (Å²) in [5.41, 5.74) is 1.10. The highest BCUT2D eigenvalue weighted by Crippen LogP contribution is 2.19. The highest BCUT2D eigenvalue weighted by Gasteiger charge is 2.23. The van der Waals surface area contributed by atoms with Crippen molar-refractivity contribution in [3.63, 3.8) is 0 Å². The van der Waals surface area contributed by atoms with Gasteiger partial charge in [-0.25, -0.2) is 0 Å². The number of hydrogen-bond acceptors (Lipinski definition) is 2. The Balaban J connectivity index is 2.81. The SMILES string of the molecule is CC(C)CC(NC(C)c1cccc(Cl)c1)C(=O)N(C)C. The van der Waals surface area contributed by atoms with Crippen LogP contribution in [0.3, 0.4) is 0 Å². The highest BCUT2D eigenvalue weighted by molar-refractivity contribution is 6.30. The summed E-state index contributed by atoms with van der Waals surface area (Å²) in [5, 5.41) is 4.14. The van der Waals surface area contributed by atoms with Gasteiger partial charge in [-0.1, -0.05) is 37.6 Å². The average molecular weight is 297 g/mol. The molecule has 1 N–H and O–H groups in total. The third kappa shape index (κ3) is 5.14. The number of benzene rings is 1. The predicted molar refractivity (Wildman–Crippen MR) is 84.9 cm³/mol. The van der Waals surface area contributed by atoms with E-state index in [0.717, 1.165) is 17.0 Å². The molecule has 4 heteroatoms. The molecule has 1 amide bonds. The monoisotopic (exact) mass is 296 g/mol. The minimum Gasteiger partial charge on any atom is -0.347 e. The summed E-state index contributed by atoms with van der Waals surface area (Å²) in [6.45, 7) is 6.31. The Bertz CT molecular complexity index is 446. The first-order valence-electron chi connectivity index (χ1n) is 7.04. The van der Waals surface area contributed by atoms with E-state index in [1.54, 1.807) is 19.0 Å². The molecule has 3 nitrogen and oxygen atoms in total. The van der Waals surface area contributed by atoms with Crippen LogP contribution in [0.15, 0.2) is 24.3 Å². The minimum absolute atomic E-state index is 0.0846. The van der Waals surface area contributed by atoms with Gasteiger partial charge in [0, 0.05) is 25.2 Å². The van der Waals surface area contributed by atoms with Crippen LogP contribution in [0.1, 0.15) is 38.8 Å². The van der Waals surface area contributed by atoms with Crippen LogP contribution < -0.4 is 5.32 Å². The Morgan fingerprint density at radius 1 is 1.30 bits per heavy atom. The van der Waals surface area contributed by atoms with E-state index in [2.05, 4.69) is 26.1 Å². The van der Waals surface area contributed by atoms with Crippen molar-refractivity contribution in [1.82, 2.24) is 10.2 Å². The topological polar surface area (TPSA) is 32.3 Å². The van der Waals surface area contributed by atoms with E-state index in [0.29, 0.717) is 5.92 Å². The molecular weight excluding hydrogens is 272 g/mol. The zero-order valence-corrected chi connectivity index (χ0v) is 13.7. The molecule has 0 aliphatic heterocycles. The van der Waals surface area contributed by atoms with Crippen LogP contribution in [-0.4, -0.2) is 30.9 Å². The number of rotatable bonds is 6. The summed E-state index contributed by atoms with van der Waals surface area (Å²) in [4.78, 5) is 13.9. The maximum atomic E-state index is 12.2. The molecule has 1 rings (SSSR count). The molecule has 0 heterocycles. The van der Waals surface area contributed by atoms with Crippen LogP contribution in [0, 0.1) is 5.92 Å². The zero-order chi connectivity index (χ0) is 15.3. The van der Waals surface area contributed by atoms with Gasteiger partial charge in [0.15, 0.2) is 0 Å². The van der Waals surface area contributed by atoms with Crippen molar-refractivity contribution < 1.29 is 4.79 Å². The molecule has 1 aromatic rings. The number of likely N-dealkylation sites (N-methyl/N-ethyl adjacent to an activating group) is 1. The molecule has 0 saturated heterocycles. The lowest BCUT2D eigenvalue weighted by Crippen LogP contribution is -2.45. The molecule has 0 radical (unpaired) electrons. The van der Waals surface area contributed by atoms with Gasteiger partial charge in [-0.3, -0.25) is 10.1 Å². The molecule has 0 saturated carbocycles. The molecule has 20 heavy (non-hydrogen) atoms. The number of hydrogen-bond donors (Lipinski definition) is 1. The van der Waals surface area contributed by atoms with Gasteiger partial charge in [0.25, 0.3) is 0 Å². The van der Waals surface area contributed by atoms with E-state index >= 15 is 0 Å². The van der Waals surface area contributed by atoms with Crippen LogP contribution in [0.25, 0.3) is 0 Å². The summed E-state index contributed by atoms with van der Waals surface area (Å²) in [6, 6.07) is 7.66. The van der Waals surface area contributed by atoms with Crippen molar-refractivity contribution in [3.05, 3.63) is 34.9 Å². The fourth-order valence-electron chi connectivity index (χ4n) is 2.20. The summed E-state index contributed by atoms with van der Waals surface area (Å²) in [7, 11) is 3.59. The van der Waals surface area contributed by atoms with Crippen LogP contribution in [0.5, 0.6) is 0 Å². The third-order valence-corrected chi connectivity index (χ3v) is 3.48. The normalized spacial score (nSPS) is 14.2. The van der Waals surface area contributed by atoms with Crippen molar-refractivity contribution in [2.75, 3.05) is 14.1 Å². The summed E-state index contributed by atoms with van der Waals surface area (Å²) >= 11 is 6.02. The molecule has 0 bridgehead atoms. The van der Waals surface area contributed by atoms with Gasteiger partial charge in [0.2, 0.25) is 5.91 Å². The number of carbonyl (C=O) groups is 1. The Hall–Kier alpha value is -1.06. The van der Waals surface area contributed by atoms with Crippen molar-refractivity contribution in [3.8, 4) is 0 Å². The van der Waals surface area contributed by atoms with Gasteiger partial charge in [0.1, 0.15) is 0 Å². The lowest BCUT2D eigenvalue weighted by Gasteiger charge is -2.26. The number of nitrogens with zero attached hydrogens (tertiary/aromatic N) is 1. The van der Waals surface area contributed by atoms with E-state index in [1.807, 2.05) is 24.3 Å². The molecule has 0 spiro atoms. The first-order valence-corrected chi connectivity index (χ1v) is 7.41. The molecule has 0 fully saturated rings. The number of nitrogens with one attached hydrogen (secondary N) is 1. The Kier molecular flexibility index (Phi) is 6.50. The molecule has 2 unspecified atom stereocenters. The van der Waals surface area contributed by atoms with E-state index < -0.39 is 0 Å². The largest absolute Gasteiger partial charge is 0.347 e. The first kappa shape index (κ1) is 17.0. The third-order valence-electron chi connectivity index (χ3n) is 3.25. The van der Waals surface area contributed by atoms with Gasteiger partial charge >= 0.3 is 0 Å². The number of carbonyl (C=O) groups excluding carboxylic acids is 1. The van der Waals surface area contributed by atoms with E-state index in [4.69, 9.17) is 11.6 Å². The average Bonchev–Trinajstić information content (AvgIpc) is 2.36. The second-order valence-electron chi connectivity index (χ2n) is 5.86. The number of halogens is 1. The van der Waals surface area contributed by atoms with Gasteiger partial charge in [-0.2, -0.15) is 0 Å². The van der Waals surface area contributed by atoms with Crippen molar-refractivity contribution in [2.45, 2.75) is 39.3 Å². The molecule has 112 valence electrons. The van der Waals surface area contributed by atoms with Crippen molar-refractivity contribution in [1.29, 1.82) is 0 Å². The molecule has 0 aliphatic carbocycles. The summed E-state index contributed by atoms with van der Waals surface area (Å²) in [6.07, 6.45) is 0.821. The maximum absolute atomic E-state index is 12.2. The maximum Gasteiger partial charge on any atom is 0.239 e. The quantitative estimate of drug-likeness (QED) is 0.871. The Morgan fingerprint density at radius 2 is 1.95 bits per heavy atom. The standard InChI is InChI=1S/C16H25ClN2O/c1-11(2)9-15(16(20)19(4)5)18-12(3)13-7-6-8-14(17)10-13/h6-8,10-12,15,18H,9H2,1-5H3. The second-order valence-corrected chi connectivity index (χ2v) is 6.29. The Labute approximate surface area is 127 Å². The first-order chi connectivity index (χ1) is 9.31. The van der Waals surface area contributed by atoms with E-state index in [9.17, 15) is 4.79 Å². The van der Waals surface area contributed by atoms with Crippen LogP contribution in [0.2, 0.25) is 5.02 Å². The molecule has 0 aliphatic rings. The van der Waals surface area contributed by atoms with Gasteiger partial charge in [0.05, 0.1) is 6.04 Å². The van der Waals surface area contributed by atoms with Crippen LogP contribution in [0.4, 0.5) is 0 Å². The molecule has 2 atom stereocenters. The summed E-state index contributed by atoms with van der Waals surface area (Å²) < 4.78 is 0. The minimum atomic E-state index is -0.168. The van der Waals surface area contributed by atoms with E-state index in [1.165, 1.54) is 0 Å². The molecule has 1 aromatic carbocycles. The zero-order valence-electron chi connectivity index (χ0n) is 13.0. The van der Waals surface area contributed by atoms with E-state index in [-0.39, 0.29) is 18.0 Å². The fourth-order valence-corrected chi connectivity index (χ4v) is 2.40. The number of amides is 1. The molecular formula is C16H25ClN2O. The lowest BCUT2D eigenvalue weighted by molar-refractivity contribution is -0.131. The summed E-state index contributed by atoms with van der Waals surface area (Å²) in [5.74, 6) is 0.579. The Morgan fingerprint density at radius 3 is 2.45 bits per heavy atom. The van der Waals surface area contributed by atoms with Crippen molar-refractivity contribution >= 4 is 17.5 Å². The van der Waals surface area contributed by atoms with Crippen LogP contribution >= 0.6 is 11.6 Å². The van der Waals surface area contributed by atoms with Gasteiger partial charge in [-0.15, -0.1) is 0 Å².